The minimum atomic E-state index is -0.495. The fourth-order valence-corrected chi connectivity index (χ4v) is 3.49. The van der Waals surface area contributed by atoms with Crippen LogP contribution in [0.25, 0.3) is 0 Å². The topological polar surface area (TPSA) is 55.1 Å². The number of hydrogen-bond acceptors (Lipinski definition) is 3. The van der Waals surface area contributed by atoms with E-state index in [2.05, 4.69) is 24.1 Å². The van der Waals surface area contributed by atoms with Crippen molar-refractivity contribution in [2.24, 2.45) is 5.73 Å². The molecule has 1 unspecified atom stereocenters. The molecule has 3 N–H and O–H groups in total. The molecule has 0 saturated carbocycles. The Labute approximate surface area is 128 Å². The van der Waals surface area contributed by atoms with Crippen LogP contribution < -0.4 is 11.1 Å². The zero-order chi connectivity index (χ0) is 15.3. The highest BCUT2D eigenvalue weighted by Gasteiger charge is 2.29. The van der Waals surface area contributed by atoms with E-state index in [0.29, 0.717) is 12.1 Å². The number of nitrogens with one attached hydrogen (secondary N) is 1. The smallest absolute Gasteiger partial charge is 0.251 e. The molecule has 1 fully saturated rings. The van der Waals surface area contributed by atoms with Crippen LogP contribution in [0.4, 0.5) is 4.39 Å². The lowest BCUT2D eigenvalue weighted by Crippen LogP contribution is -2.36. The predicted octanol–water partition coefficient (Wildman–Crippen LogP) is 2.15. The molecule has 1 amide bonds. The van der Waals surface area contributed by atoms with E-state index in [4.69, 9.17) is 5.73 Å². The van der Waals surface area contributed by atoms with Crippen LogP contribution in [0.15, 0.2) is 18.2 Å². The van der Waals surface area contributed by atoms with Gasteiger partial charge in [0.1, 0.15) is 5.82 Å². The highest BCUT2D eigenvalue weighted by Crippen LogP contribution is 2.36. The molecule has 1 atom stereocenters. The van der Waals surface area contributed by atoms with Crippen molar-refractivity contribution in [1.29, 1.82) is 0 Å². The highest BCUT2D eigenvalue weighted by molar-refractivity contribution is 8.00. The van der Waals surface area contributed by atoms with Gasteiger partial charge in [0.15, 0.2) is 0 Å². The summed E-state index contributed by atoms with van der Waals surface area (Å²) in [6.45, 7) is 2.93. The van der Waals surface area contributed by atoms with Gasteiger partial charge in [0.25, 0.3) is 5.91 Å². The summed E-state index contributed by atoms with van der Waals surface area (Å²) in [4.78, 5) is 12.1. The predicted molar refractivity (Wildman–Crippen MR) is 84.8 cm³/mol. The van der Waals surface area contributed by atoms with Crippen molar-refractivity contribution in [3.05, 3.63) is 35.1 Å². The Morgan fingerprint density at radius 3 is 3.00 bits per heavy atom. The summed E-state index contributed by atoms with van der Waals surface area (Å²) in [6.07, 6.45) is 2.28. The SMILES string of the molecule is CC1(CNC(=O)c2ccc(C#CCN)c(F)c2)CCCS1. The van der Waals surface area contributed by atoms with Gasteiger partial charge in [-0.25, -0.2) is 4.39 Å². The van der Waals surface area contributed by atoms with Crippen molar-refractivity contribution in [3.8, 4) is 11.8 Å². The van der Waals surface area contributed by atoms with Gasteiger partial charge in [-0.1, -0.05) is 11.8 Å². The molecule has 1 aliphatic heterocycles. The first-order chi connectivity index (χ1) is 10.0. The van der Waals surface area contributed by atoms with Crippen molar-refractivity contribution in [3.63, 3.8) is 0 Å². The molecular weight excluding hydrogens is 287 g/mol. The van der Waals surface area contributed by atoms with Crippen LogP contribution in [0.2, 0.25) is 0 Å². The third-order valence-corrected chi connectivity index (χ3v) is 5.02. The largest absolute Gasteiger partial charge is 0.351 e. The van der Waals surface area contributed by atoms with Crippen LogP contribution in [0.1, 0.15) is 35.7 Å². The van der Waals surface area contributed by atoms with Gasteiger partial charge in [-0.15, -0.1) is 0 Å². The Morgan fingerprint density at radius 2 is 2.38 bits per heavy atom. The molecule has 0 spiro atoms. The second kappa shape index (κ2) is 6.97. The zero-order valence-electron chi connectivity index (χ0n) is 12.0. The maximum atomic E-state index is 13.8. The molecule has 0 bridgehead atoms. The van der Waals surface area contributed by atoms with Gasteiger partial charge >= 0.3 is 0 Å². The van der Waals surface area contributed by atoms with Crippen LogP contribution in [0, 0.1) is 17.7 Å². The average molecular weight is 306 g/mol. The number of rotatable bonds is 3. The van der Waals surface area contributed by atoms with E-state index < -0.39 is 5.82 Å². The second-order valence-corrected chi connectivity index (χ2v) is 6.97. The Bertz CT molecular complexity index is 586. The molecule has 0 aliphatic carbocycles. The van der Waals surface area contributed by atoms with E-state index in [1.165, 1.54) is 18.6 Å². The molecule has 112 valence electrons. The molecule has 1 heterocycles. The number of thioether (sulfide) groups is 1. The molecule has 1 saturated heterocycles. The van der Waals surface area contributed by atoms with E-state index in [-0.39, 0.29) is 22.8 Å². The minimum Gasteiger partial charge on any atom is -0.351 e. The van der Waals surface area contributed by atoms with Crippen molar-refractivity contribution in [2.75, 3.05) is 18.8 Å². The van der Waals surface area contributed by atoms with Crippen LogP contribution in [0.3, 0.4) is 0 Å². The first-order valence-electron chi connectivity index (χ1n) is 6.95. The Hall–Kier alpha value is -1.51. The molecule has 2 rings (SSSR count). The number of nitrogens with two attached hydrogens (primary N) is 1. The second-order valence-electron chi connectivity index (χ2n) is 5.29. The van der Waals surface area contributed by atoms with Crippen LogP contribution in [-0.2, 0) is 0 Å². The van der Waals surface area contributed by atoms with E-state index in [9.17, 15) is 9.18 Å². The lowest BCUT2D eigenvalue weighted by atomic mass is 10.1. The van der Waals surface area contributed by atoms with Crippen molar-refractivity contribution < 1.29 is 9.18 Å². The van der Waals surface area contributed by atoms with Crippen molar-refractivity contribution in [2.45, 2.75) is 24.5 Å². The molecule has 1 aromatic rings. The van der Waals surface area contributed by atoms with Gasteiger partial charge in [-0.2, -0.15) is 11.8 Å². The lowest BCUT2D eigenvalue weighted by Gasteiger charge is -2.22. The molecule has 21 heavy (non-hydrogen) atoms. The molecule has 1 aromatic carbocycles. The summed E-state index contributed by atoms with van der Waals surface area (Å²) in [7, 11) is 0. The molecule has 1 aliphatic rings. The number of amides is 1. The maximum Gasteiger partial charge on any atom is 0.251 e. The first-order valence-corrected chi connectivity index (χ1v) is 7.93. The number of halogens is 1. The summed E-state index contributed by atoms with van der Waals surface area (Å²) in [5.74, 6) is 5.62. The average Bonchev–Trinajstić information content (AvgIpc) is 2.91. The molecule has 0 aromatic heterocycles. The molecule has 3 nitrogen and oxygen atoms in total. The Kier molecular flexibility index (Phi) is 5.27. The normalized spacial score (nSPS) is 20.7. The van der Waals surface area contributed by atoms with Crippen LogP contribution in [-0.4, -0.2) is 29.5 Å². The number of hydrogen-bond donors (Lipinski definition) is 2. The fraction of sp³-hybridized carbons (Fsp3) is 0.438. The van der Waals surface area contributed by atoms with E-state index in [0.717, 1.165) is 12.2 Å². The maximum absolute atomic E-state index is 13.8. The third-order valence-electron chi connectivity index (χ3n) is 3.48. The molecular formula is C16H19FN2OS. The molecule has 5 heteroatoms. The fourth-order valence-electron chi connectivity index (χ4n) is 2.25. The van der Waals surface area contributed by atoms with E-state index >= 15 is 0 Å². The van der Waals surface area contributed by atoms with Crippen molar-refractivity contribution in [1.82, 2.24) is 5.32 Å². The summed E-state index contributed by atoms with van der Waals surface area (Å²) >= 11 is 1.88. The quantitative estimate of drug-likeness (QED) is 0.841. The summed E-state index contributed by atoms with van der Waals surface area (Å²) in [6, 6.07) is 4.32. The summed E-state index contributed by atoms with van der Waals surface area (Å²) in [5, 5.41) is 2.89. The van der Waals surface area contributed by atoms with Gasteiger partial charge < -0.3 is 11.1 Å². The monoisotopic (exact) mass is 306 g/mol. The Balaban J connectivity index is 2.01. The minimum absolute atomic E-state index is 0.0980. The Morgan fingerprint density at radius 1 is 1.57 bits per heavy atom. The van der Waals surface area contributed by atoms with Gasteiger partial charge in [-0.05, 0) is 43.7 Å². The number of carbonyl (C=O) groups is 1. The van der Waals surface area contributed by atoms with Gasteiger partial charge in [0, 0.05) is 16.9 Å². The van der Waals surface area contributed by atoms with Gasteiger partial charge in [-0.3, -0.25) is 4.79 Å². The standard InChI is InChI=1S/C16H19FN2OS/c1-16(7-3-9-21-16)11-19-15(20)13-6-5-12(4-2-8-18)14(17)10-13/h5-6,10H,3,7-9,11,18H2,1H3,(H,19,20). The van der Waals surface area contributed by atoms with Crippen molar-refractivity contribution >= 4 is 17.7 Å². The van der Waals surface area contributed by atoms with Crippen LogP contribution >= 0.6 is 11.8 Å². The first kappa shape index (κ1) is 15.9. The van der Waals surface area contributed by atoms with E-state index in [1.54, 1.807) is 6.07 Å². The van der Waals surface area contributed by atoms with Gasteiger partial charge in [0.05, 0.1) is 12.1 Å². The summed E-state index contributed by atoms with van der Waals surface area (Å²) in [5.41, 5.74) is 5.83. The summed E-state index contributed by atoms with van der Waals surface area (Å²) < 4.78 is 13.9. The third kappa shape index (κ3) is 4.23. The highest BCUT2D eigenvalue weighted by atomic mass is 32.2. The number of carbonyl (C=O) groups excluding carboxylic acids is 1. The lowest BCUT2D eigenvalue weighted by molar-refractivity contribution is 0.0949. The van der Waals surface area contributed by atoms with Crippen LogP contribution in [0.5, 0.6) is 0 Å². The molecule has 0 radical (unpaired) electrons. The number of benzene rings is 1. The van der Waals surface area contributed by atoms with Gasteiger partial charge in [0.2, 0.25) is 0 Å². The zero-order valence-corrected chi connectivity index (χ0v) is 12.9. The van der Waals surface area contributed by atoms with E-state index in [1.807, 2.05) is 11.8 Å².